The van der Waals surface area contributed by atoms with E-state index in [0.717, 1.165) is 5.56 Å². The van der Waals surface area contributed by atoms with Gasteiger partial charge >= 0.3 is 0 Å². The molecule has 18 heavy (non-hydrogen) atoms. The molecule has 1 aromatic carbocycles. The number of rotatable bonds is 7. The van der Waals surface area contributed by atoms with Crippen molar-refractivity contribution < 1.29 is 22.1 Å². The van der Waals surface area contributed by atoms with E-state index >= 15 is 0 Å². The summed E-state index contributed by atoms with van der Waals surface area (Å²) in [5.74, 6) is 0. The average molecular weight is 272 g/mol. The molecule has 100 valence electrons. The molecule has 0 aliphatic carbocycles. The van der Waals surface area contributed by atoms with Gasteiger partial charge in [0.2, 0.25) is 0 Å². The summed E-state index contributed by atoms with van der Waals surface area (Å²) in [5.41, 5.74) is 0.953. The molecule has 1 rings (SSSR count). The highest BCUT2D eigenvalue weighted by molar-refractivity contribution is 7.86. The Morgan fingerprint density at radius 1 is 1.28 bits per heavy atom. The molecular weight excluding hydrogens is 256 g/mol. The first-order valence-corrected chi connectivity index (χ1v) is 6.93. The van der Waals surface area contributed by atoms with E-state index in [-0.39, 0.29) is 11.5 Å². The Kier molecular flexibility index (Phi) is 5.46. The largest absolute Gasteiger partial charge is 0.369 e. The van der Waals surface area contributed by atoms with Crippen LogP contribution in [0.4, 0.5) is 0 Å². The maximum atomic E-state index is 11.8. The second kappa shape index (κ2) is 6.63. The summed E-state index contributed by atoms with van der Waals surface area (Å²) in [5, 5.41) is 0. The third kappa shape index (κ3) is 4.21. The molecule has 0 amide bonds. The van der Waals surface area contributed by atoms with E-state index in [1.54, 1.807) is 19.1 Å². The lowest BCUT2D eigenvalue weighted by Crippen LogP contribution is -2.23. The molecule has 0 fully saturated rings. The number of aryl methyl sites for hydroxylation is 1. The van der Waals surface area contributed by atoms with Crippen LogP contribution in [0.5, 0.6) is 0 Å². The molecular formula is C12H16O5S. The maximum absolute atomic E-state index is 11.8. The zero-order valence-electron chi connectivity index (χ0n) is 10.3. The first kappa shape index (κ1) is 14.8. The summed E-state index contributed by atoms with van der Waals surface area (Å²) in [6, 6.07) is 6.27. The first-order valence-electron chi connectivity index (χ1n) is 5.52. The minimum Gasteiger partial charge on any atom is -0.369 e. The fourth-order valence-electron chi connectivity index (χ4n) is 1.27. The molecule has 0 saturated heterocycles. The molecule has 0 aromatic heterocycles. The van der Waals surface area contributed by atoms with Gasteiger partial charge in [0.15, 0.2) is 6.29 Å². The number of carbonyl (C=O) groups is 1. The van der Waals surface area contributed by atoms with E-state index in [4.69, 9.17) is 8.92 Å². The van der Waals surface area contributed by atoms with Crippen LogP contribution in [0.2, 0.25) is 0 Å². The molecule has 0 aliphatic rings. The number of ether oxygens (including phenoxy) is 1. The first-order chi connectivity index (χ1) is 8.49. The third-order valence-electron chi connectivity index (χ3n) is 2.23. The van der Waals surface area contributed by atoms with Crippen LogP contribution in [0, 0.1) is 6.92 Å². The SMILES string of the molecule is CCOC(C=O)COS(=O)(=O)c1ccc(C)cc1. The van der Waals surface area contributed by atoms with Gasteiger partial charge in [-0.05, 0) is 26.0 Å². The van der Waals surface area contributed by atoms with Crippen LogP contribution >= 0.6 is 0 Å². The lowest BCUT2D eigenvalue weighted by Gasteiger charge is -2.11. The smallest absolute Gasteiger partial charge is 0.297 e. The molecule has 0 spiro atoms. The lowest BCUT2D eigenvalue weighted by molar-refractivity contribution is -0.119. The monoisotopic (exact) mass is 272 g/mol. The minimum atomic E-state index is -3.84. The van der Waals surface area contributed by atoms with Crippen LogP contribution in [0.25, 0.3) is 0 Å². The summed E-state index contributed by atoms with van der Waals surface area (Å²) in [7, 11) is -3.84. The van der Waals surface area contributed by atoms with Crippen molar-refractivity contribution in [1.29, 1.82) is 0 Å². The number of hydrogen-bond acceptors (Lipinski definition) is 5. The fraction of sp³-hybridized carbons (Fsp3) is 0.417. The summed E-state index contributed by atoms with van der Waals surface area (Å²) < 4.78 is 33.3. The molecule has 0 N–H and O–H groups in total. The topological polar surface area (TPSA) is 69.7 Å². The van der Waals surface area contributed by atoms with Crippen LogP contribution < -0.4 is 0 Å². The van der Waals surface area contributed by atoms with Crippen molar-refractivity contribution in [1.82, 2.24) is 0 Å². The molecule has 0 bridgehead atoms. The molecule has 0 saturated carbocycles. The molecule has 0 radical (unpaired) electrons. The Hall–Kier alpha value is -1.24. The fourth-order valence-corrected chi connectivity index (χ4v) is 2.19. The third-order valence-corrected chi connectivity index (χ3v) is 3.53. The predicted octanol–water partition coefficient (Wildman–Crippen LogP) is 1.30. The standard InChI is InChI=1S/C12H16O5S/c1-3-16-11(8-13)9-17-18(14,15)12-6-4-10(2)5-7-12/h4-8,11H,3,9H2,1-2H3. The Balaban J connectivity index is 2.70. The predicted molar refractivity (Wildman–Crippen MR) is 65.8 cm³/mol. The number of aldehydes is 1. The molecule has 0 heterocycles. The molecule has 5 nitrogen and oxygen atoms in total. The van der Waals surface area contributed by atoms with Gasteiger partial charge in [0.1, 0.15) is 6.10 Å². The van der Waals surface area contributed by atoms with E-state index in [9.17, 15) is 13.2 Å². The van der Waals surface area contributed by atoms with Crippen molar-refractivity contribution in [2.75, 3.05) is 13.2 Å². The quantitative estimate of drug-likeness (QED) is 0.553. The van der Waals surface area contributed by atoms with Crippen LogP contribution in [0.3, 0.4) is 0 Å². The molecule has 0 aliphatic heterocycles. The number of hydrogen-bond donors (Lipinski definition) is 0. The highest BCUT2D eigenvalue weighted by Gasteiger charge is 2.18. The van der Waals surface area contributed by atoms with Crippen molar-refractivity contribution >= 4 is 16.4 Å². The van der Waals surface area contributed by atoms with Gasteiger partial charge in [-0.25, -0.2) is 0 Å². The number of benzene rings is 1. The summed E-state index contributed by atoms with van der Waals surface area (Å²) in [6.45, 7) is 3.57. The van der Waals surface area contributed by atoms with Crippen molar-refractivity contribution in [3.8, 4) is 0 Å². The van der Waals surface area contributed by atoms with Gasteiger partial charge < -0.3 is 9.53 Å². The lowest BCUT2D eigenvalue weighted by atomic mass is 10.2. The van der Waals surface area contributed by atoms with E-state index in [0.29, 0.717) is 12.9 Å². The van der Waals surface area contributed by atoms with Crippen molar-refractivity contribution in [2.24, 2.45) is 0 Å². The number of carbonyl (C=O) groups excluding carboxylic acids is 1. The van der Waals surface area contributed by atoms with E-state index < -0.39 is 16.2 Å². The van der Waals surface area contributed by atoms with Gasteiger partial charge in [-0.3, -0.25) is 4.18 Å². The van der Waals surface area contributed by atoms with Crippen molar-refractivity contribution in [2.45, 2.75) is 24.8 Å². The van der Waals surface area contributed by atoms with Crippen LogP contribution in [0.15, 0.2) is 29.2 Å². The van der Waals surface area contributed by atoms with Gasteiger partial charge in [0.05, 0.1) is 11.5 Å². The van der Waals surface area contributed by atoms with Gasteiger partial charge in [0.25, 0.3) is 10.1 Å². The summed E-state index contributed by atoms with van der Waals surface area (Å²) in [6.07, 6.45) is -0.344. The van der Waals surface area contributed by atoms with Gasteiger partial charge in [-0.1, -0.05) is 17.7 Å². The highest BCUT2D eigenvalue weighted by atomic mass is 32.2. The van der Waals surface area contributed by atoms with Crippen molar-refractivity contribution in [3.05, 3.63) is 29.8 Å². The maximum Gasteiger partial charge on any atom is 0.297 e. The Labute approximate surface area is 107 Å². The summed E-state index contributed by atoms with van der Waals surface area (Å²) >= 11 is 0. The van der Waals surface area contributed by atoms with E-state index in [1.807, 2.05) is 6.92 Å². The Morgan fingerprint density at radius 3 is 2.39 bits per heavy atom. The zero-order valence-corrected chi connectivity index (χ0v) is 11.1. The normalized spacial score (nSPS) is 13.2. The average Bonchev–Trinajstić information content (AvgIpc) is 2.35. The second-order valence-corrected chi connectivity index (χ2v) is 5.30. The van der Waals surface area contributed by atoms with Crippen LogP contribution in [0.1, 0.15) is 12.5 Å². The molecule has 1 aromatic rings. The minimum absolute atomic E-state index is 0.0641. The van der Waals surface area contributed by atoms with Gasteiger partial charge in [-0.15, -0.1) is 0 Å². The summed E-state index contributed by atoms with van der Waals surface area (Å²) in [4.78, 5) is 10.7. The highest BCUT2D eigenvalue weighted by Crippen LogP contribution is 2.13. The van der Waals surface area contributed by atoms with E-state index in [2.05, 4.69) is 0 Å². The molecule has 1 atom stereocenters. The molecule has 1 unspecified atom stereocenters. The van der Waals surface area contributed by atoms with Gasteiger partial charge in [0, 0.05) is 6.61 Å². The Morgan fingerprint density at radius 2 is 1.89 bits per heavy atom. The Bertz CT molecular complexity index is 478. The second-order valence-electron chi connectivity index (χ2n) is 3.68. The zero-order chi connectivity index (χ0) is 13.6. The van der Waals surface area contributed by atoms with Crippen LogP contribution in [-0.2, 0) is 23.8 Å². The van der Waals surface area contributed by atoms with Crippen LogP contribution in [-0.4, -0.2) is 34.0 Å². The van der Waals surface area contributed by atoms with E-state index in [1.165, 1.54) is 12.1 Å². The van der Waals surface area contributed by atoms with Crippen molar-refractivity contribution in [3.63, 3.8) is 0 Å². The van der Waals surface area contributed by atoms with Gasteiger partial charge in [-0.2, -0.15) is 8.42 Å². The molecule has 6 heteroatoms.